The number of allylic oxidation sites excluding steroid dienone is 2. The average Bonchev–Trinajstić information content (AvgIpc) is 2.35. The lowest BCUT2D eigenvalue weighted by Crippen LogP contribution is -2.17. The van der Waals surface area contributed by atoms with Crippen LogP contribution in [0.1, 0.15) is 26.7 Å². The molecule has 0 radical (unpaired) electrons. The van der Waals surface area contributed by atoms with E-state index >= 15 is 0 Å². The van der Waals surface area contributed by atoms with Gasteiger partial charge in [0, 0.05) is 18.8 Å². The zero-order valence-corrected chi connectivity index (χ0v) is 7.26. The van der Waals surface area contributed by atoms with Gasteiger partial charge in [0.05, 0.1) is 0 Å². The highest BCUT2D eigenvalue weighted by Gasteiger charge is 2.11. The lowest BCUT2D eigenvalue weighted by molar-refractivity contribution is -0.112. The molecule has 2 heteroatoms. The summed E-state index contributed by atoms with van der Waals surface area (Å²) in [5, 5.41) is 0. The van der Waals surface area contributed by atoms with Crippen molar-refractivity contribution >= 4 is 5.78 Å². The second-order valence-corrected chi connectivity index (χ2v) is 3.09. The molecule has 1 rings (SSSR count). The summed E-state index contributed by atoms with van der Waals surface area (Å²) >= 11 is 0. The molecule has 0 spiro atoms. The Hall–Kier alpha value is -0.790. The molecule has 1 aliphatic heterocycles. The van der Waals surface area contributed by atoms with Crippen LogP contribution in [-0.4, -0.2) is 23.8 Å². The normalized spacial score (nSPS) is 19.1. The van der Waals surface area contributed by atoms with Crippen molar-refractivity contribution in [1.82, 2.24) is 4.90 Å². The Labute approximate surface area is 67.9 Å². The van der Waals surface area contributed by atoms with Gasteiger partial charge in [0.15, 0.2) is 5.78 Å². The molecule has 0 aromatic heterocycles. The topological polar surface area (TPSA) is 20.3 Å². The summed E-state index contributed by atoms with van der Waals surface area (Å²) in [5.74, 6) is 0.148. The number of nitrogens with zero attached hydrogens (tertiary/aromatic N) is 1. The van der Waals surface area contributed by atoms with Gasteiger partial charge in [0.25, 0.3) is 0 Å². The van der Waals surface area contributed by atoms with Crippen LogP contribution in [0.2, 0.25) is 0 Å². The monoisotopic (exact) mass is 153 g/mol. The van der Waals surface area contributed by atoms with Crippen LogP contribution < -0.4 is 0 Å². The van der Waals surface area contributed by atoms with Crippen LogP contribution in [0.5, 0.6) is 0 Å². The van der Waals surface area contributed by atoms with Crippen LogP contribution in [0.25, 0.3) is 0 Å². The molecule has 0 N–H and O–H groups in total. The van der Waals surface area contributed by atoms with Crippen molar-refractivity contribution in [3.05, 3.63) is 11.8 Å². The fraction of sp³-hybridized carbons (Fsp3) is 0.667. The third-order valence-corrected chi connectivity index (χ3v) is 2.02. The molecular formula is C9H15NO. The van der Waals surface area contributed by atoms with Crippen molar-refractivity contribution in [2.45, 2.75) is 26.7 Å². The van der Waals surface area contributed by atoms with Crippen LogP contribution in [0.3, 0.4) is 0 Å². The molecule has 0 unspecified atom stereocenters. The molecule has 62 valence electrons. The Bertz CT molecular complexity index is 178. The van der Waals surface area contributed by atoms with Gasteiger partial charge in [-0.05, 0) is 32.8 Å². The number of likely N-dealkylation sites (tertiary alicyclic amines) is 1. The van der Waals surface area contributed by atoms with Crippen LogP contribution >= 0.6 is 0 Å². The molecule has 0 amide bonds. The van der Waals surface area contributed by atoms with Crippen molar-refractivity contribution in [3.8, 4) is 0 Å². The molecule has 0 aromatic rings. The molecule has 1 aliphatic rings. The van der Waals surface area contributed by atoms with E-state index in [0.717, 1.165) is 18.8 Å². The van der Waals surface area contributed by atoms with Crippen molar-refractivity contribution in [1.29, 1.82) is 0 Å². The van der Waals surface area contributed by atoms with E-state index in [2.05, 4.69) is 4.90 Å². The predicted octanol–water partition coefficient (Wildman–Crippen LogP) is 1.57. The molecule has 1 heterocycles. The van der Waals surface area contributed by atoms with E-state index in [1.807, 2.05) is 6.92 Å². The van der Waals surface area contributed by atoms with Gasteiger partial charge < -0.3 is 4.90 Å². The van der Waals surface area contributed by atoms with E-state index in [1.54, 1.807) is 13.0 Å². The zero-order chi connectivity index (χ0) is 8.27. The first kappa shape index (κ1) is 8.31. The standard InChI is InChI=1S/C9H15NO/c1-8(7-9(2)11)10-5-3-4-6-10/h7H,3-6H2,1-2H3. The first-order chi connectivity index (χ1) is 5.20. The lowest BCUT2D eigenvalue weighted by Gasteiger charge is -2.17. The number of hydrogen-bond donors (Lipinski definition) is 0. The molecule has 0 aliphatic carbocycles. The Morgan fingerprint density at radius 2 is 1.82 bits per heavy atom. The third-order valence-electron chi connectivity index (χ3n) is 2.02. The minimum absolute atomic E-state index is 0.148. The zero-order valence-electron chi connectivity index (χ0n) is 7.26. The fourth-order valence-corrected chi connectivity index (χ4v) is 1.46. The van der Waals surface area contributed by atoms with Gasteiger partial charge in [0.1, 0.15) is 0 Å². The molecule has 1 fully saturated rings. The first-order valence-electron chi connectivity index (χ1n) is 4.14. The molecule has 0 aromatic carbocycles. The van der Waals surface area contributed by atoms with Crippen molar-refractivity contribution in [2.75, 3.05) is 13.1 Å². The van der Waals surface area contributed by atoms with E-state index < -0.39 is 0 Å². The molecule has 0 saturated carbocycles. The molecule has 0 bridgehead atoms. The number of carbonyl (C=O) groups excluding carboxylic acids is 1. The number of rotatable bonds is 2. The van der Waals surface area contributed by atoms with E-state index in [-0.39, 0.29) is 5.78 Å². The predicted molar refractivity (Wildman–Crippen MR) is 45.2 cm³/mol. The van der Waals surface area contributed by atoms with E-state index in [4.69, 9.17) is 0 Å². The highest BCUT2D eigenvalue weighted by atomic mass is 16.1. The Morgan fingerprint density at radius 1 is 1.27 bits per heavy atom. The van der Waals surface area contributed by atoms with Gasteiger partial charge >= 0.3 is 0 Å². The van der Waals surface area contributed by atoms with Gasteiger partial charge in [-0.1, -0.05) is 0 Å². The summed E-state index contributed by atoms with van der Waals surface area (Å²) in [7, 11) is 0. The van der Waals surface area contributed by atoms with Gasteiger partial charge in [-0.25, -0.2) is 0 Å². The molecule has 0 atom stereocenters. The second-order valence-electron chi connectivity index (χ2n) is 3.09. The molecular weight excluding hydrogens is 138 g/mol. The average molecular weight is 153 g/mol. The minimum Gasteiger partial charge on any atom is -0.375 e. The summed E-state index contributed by atoms with van der Waals surface area (Å²) in [6.07, 6.45) is 4.25. The maximum atomic E-state index is 10.7. The van der Waals surface area contributed by atoms with E-state index in [0.29, 0.717) is 0 Å². The van der Waals surface area contributed by atoms with E-state index in [1.165, 1.54) is 12.8 Å². The highest BCUT2D eigenvalue weighted by molar-refractivity contribution is 5.87. The smallest absolute Gasteiger partial charge is 0.154 e. The highest BCUT2D eigenvalue weighted by Crippen LogP contribution is 2.13. The first-order valence-corrected chi connectivity index (χ1v) is 4.14. The molecule has 2 nitrogen and oxygen atoms in total. The van der Waals surface area contributed by atoms with Crippen LogP contribution in [0.15, 0.2) is 11.8 Å². The Morgan fingerprint density at radius 3 is 2.27 bits per heavy atom. The van der Waals surface area contributed by atoms with Crippen LogP contribution in [-0.2, 0) is 4.79 Å². The Kier molecular flexibility index (Phi) is 2.69. The third kappa shape index (κ3) is 2.37. The second kappa shape index (κ2) is 3.56. The molecule has 11 heavy (non-hydrogen) atoms. The summed E-state index contributed by atoms with van der Waals surface area (Å²) in [4.78, 5) is 13.0. The largest absolute Gasteiger partial charge is 0.375 e. The summed E-state index contributed by atoms with van der Waals surface area (Å²) in [6, 6.07) is 0. The van der Waals surface area contributed by atoms with Gasteiger partial charge in [-0.15, -0.1) is 0 Å². The SMILES string of the molecule is CC(=O)C=C(C)N1CCCC1. The summed E-state index contributed by atoms with van der Waals surface area (Å²) in [6.45, 7) is 5.84. The lowest BCUT2D eigenvalue weighted by atomic mass is 10.3. The van der Waals surface area contributed by atoms with Crippen molar-refractivity contribution in [3.63, 3.8) is 0 Å². The summed E-state index contributed by atoms with van der Waals surface area (Å²) < 4.78 is 0. The van der Waals surface area contributed by atoms with Gasteiger partial charge in [0.2, 0.25) is 0 Å². The van der Waals surface area contributed by atoms with Crippen molar-refractivity contribution < 1.29 is 4.79 Å². The quantitative estimate of drug-likeness (QED) is 0.561. The number of carbonyl (C=O) groups is 1. The minimum atomic E-state index is 0.148. The van der Waals surface area contributed by atoms with Gasteiger partial charge in [-0.2, -0.15) is 0 Å². The van der Waals surface area contributed by atoms with Crippen molar-refractivity contribution in [2.24, 2.45) is 0 Å². The summed E-state index contributed by atoms with van der Waals surface area (Å²) in [5.41, 5.74) is 1.12. The Balaban J connectivity index is 2.51. The van der Waals surface area contributed by atoms with Crippen LogP contribution in [0, 0.1) is 0 Å². The molecule has 1 saturated heterocycles. The number of hydrogen-bond acceptors (Lipinski definition) is 2. The van der Waals surface area contributed by atoms with E-state index in [9.17, 15) is 4.79 Å². The maximum absolute atomic E-state index is 10.7. The number of ketones is 1. The fourth-order valence-electron chi connectivity index (χ4n) is 1.46. The maximum Gasteiger partial charge on any atom is 0.154 e. The van der Waals surface area contributed by atoms with Gasteiger partial charge in [-0.3, -0.25) is 4.79 Å². The van der Waals surface area contributed by atoms with Crippen LogP contribution in [0.4, 0.5) is 0 Å².